The lowest BCUT2D eigenvalue weighted by Gasteiger charge is -2.11. The van der Waals surface area contributed by atoms with Gasteiger partial charge in [-0.05, 0) is 34.5 Å². The van der Waals surface area contributed by atoms with Gasteiger partial charge in [-0.25, -0.2) is 9.97 Å². The van der Waals surface area contributed by atoms with Crippen LogP contribution in [0.3, 0.4) is 0 Å². The van der Waals surface area contributed by atoms with Crippen LogP contribution in [0.25, 0.3) is 10.9 Å². The smallest absolute Gasteiger partial charge is 0.389 e. The maximum Gasteiger partial charge on any atom is 0.389 e. The highest BCUT2D eigenvalue weighted by molar-refractivity contribution is 9.10. The van der Waals surface area contributed by atoms with Gasteiger partial charge in [-0.3, -0.25) is 4.68 Å². The highest BCUT2D eigenvalue weighted by atomic mass is 79.9. The number of aromatic nitrogens is 4. The van der Waals surface area contributed by atoms with Crippen LogP contribution in [0.5, 0.6) is 11.8 Å². The van der Waals surface area contributed by atoms with E-state index in [1.165, 1.54) is 17.1 Å². The lowest BCUT2D eigenvalue weighted by atomic mass is 10.2. The molecule has 0 spiro atoms. The second-order valence-corrected chi connectivity index (χ2v) is 6.48. The van der Waals surface area contributed by atoms with E-state index in [-0.39, 0.29) is 19.0 Å². The van der Waals surface area contributed by atoms with E-state index in [2.05, 4.69) is 31.0 Å². The van der Waals surface area contributed by atoms with E-state index >= 15 is 0 Å². The first kappa shape index (κ1) is 17.9. The zero-order chi connectivity index (χ0) is 18.0. The van der Waals surface area contributed by atoms with Crippen LogP contribution in [0.4, 0.5) is 13.2 Å². The van der Waals surface area contributed by atoms with E-state index < -0.39 is 12.6 Å². The summed E-state index contributed by atoms with van der Waals surface area (Å²) in [5, 5.41) is 5.26. The minimum absolute atomic E-state index is 0.0700. The molecule has 0 bridgehead atoms. The number of aryl methyl sites for hydroxylation is 1. The monoisotopic (exact) mass is 434 g/mol. The molecular formula is C15H11BrClF3N4O. The maximum atomic E-state index is 12.4. The zero-order valence-corrected chi connectivity index (χ0v) is 14.9. The van der Waals surface area contributed by atoms with Crippen molar-refractivity contribution in [3.63, 3.8) is 0 Å². The van der Waals surface area contributed by atoms with Gasteiger partial charge >= 0.3 is 12.2 Å². The fraction of sp³-hybridized carbons (Fsp3) is 0.267. The molecule has 0 fully saturated rings. The summed E-state index contributed by atoms with van der Waals surface area (Å²) in [5.74, 6) is 0.379. The third kappa shape index (κ3) is 4.40. The van der Waals surface area contributed by atoms with Crippen molar-refractivity contribution in [2.24, 2.45) is 0 Å². The van der Waals surface area contributed by atoms with Gasteiger partial charge in [-0.2, -0.15) is 18.3 Å². The molecule has 0 N–H and O–H groups in total. The standard InChI is InChI=1S/C15H11BrClF3N4O/c16-11-3-2-9-6-23-24(5-1-4-15(18,19)20)12(9)13(11)25-14-21-7-10(17)8-22-14/h2-3,6-8H,1,4-5H2. The summed E-state index contributed by atoms with van der Waals surface area (Å²) in [6, 6.07) is 3.62. The number of hydrogen-bond acceptors (Lipinski definition) is 4. The van der Waals surface area contributed by atoms with Crippen LogP contribution < -0.4 is 4.74 Å². The molecule has 0 atom stereocenters. The topological polar surface area (TPSA) is 52.8 Å². The van der Waals surface area contributed by atoms with Crippen molar-refractivity contribution in [2.75, 3.05) is 0 Å². The summed E-state index contributed by atoms with van der Waals surface area (Å²) < 4.78 is 44.9. The molecule has 0 aliphatic rings. The summed E-state index contributed by atoms with van der Waals surface area (Å²) in [7, 11) is 0. The van der Waals surface area contributed by atoms with Gasteiger partial charge in [0, 0.05) is 18.4 Å². The van der Waals surface area contributed by atoms with Crippen molar-refractivity contribution in [2.45, 2.75) is 25.6 Å². The molecular weight excluding hydrogens is 425 g/mol. The van der Waals surface area contributed by atoms with Crippen LogP contribution in [-0.2, 0) is 6.54 Å². The van der Waals surface area contributed by atoms with Gasteiger partial charge in [-0.1, -0.05) is 11.6 Å². The number of alkyl halides is 3. The van der Waals surface area contributed by atoms with Gasteiger partial charge in [0.2, 0.25) is 0 Å². The lowest BCUT2D eigenvalue weighted by molar-refractivity contribution is -0.135. The molecule has 2 aromatic heterocycles. The lowest BCUT2D eigenvalue weighted by Crippen LogP contribution is -2.10. The van der Waals surface area contributed by atoms with Crippen molar-refractivity contribution in [1.29, 1.82) is 0 Å². The van der Waals surface area contributed by atoms with E-state index in [4.69, 9.17) is 16.3 Å². The normalized spacial score (nSPS) is 11.9. The van der Waals surface area contributed by atoms with Crippen molar-refractivity contribution in [3.8, 4) is 11.8 Å². The Hall–Kier alpha value is -1.87. The van der Waals surface area contributed by atoms with Crippen molar-refractivity contribution in [3.05, 3.63) is 40.2 Å². The first-order chi connectivity index (χ1) is 11.8. The molecule has 0 amide bonds. The Morgan fingerprint density at radius 1 is 1.16 bits per heavy atom. The molecule has 0 radical (unpaired) electrons. The number of benzene rings is 1. The van der Waals surface area contributed by atoms with E-state index in [1.54, 1.807) is 18.3 Å². The fourth-order valence-corrected chi connectivity index (χ4v) is 2.76. The van der Waals surface area contributed by atoms with E-state index in [1.807, 2.05) is 0 Å². The minimum Gasteiger partial charge on any atom is -0.421 e. The van der Waals surface area contributed by atoms with Gasteiger partial charge in [0.1, 0.15) is 5.52 Å². The molecule has 132 valence electrons. The van der Waals surface area contributed by atoms with E-state index in [9.17, 15) is 13.2 Å². The van der Waals surface area contributed by atoms with Crippen LogP contribution in [0.2, 0.25) is 5.02 Å². The molecule has 0 saturated carbocycles. The molecule has 2 heterocycles. The molecule has 25 heavy (non-hydrogen) atoms. The summed E-state index contributed by atoms with van der Waals surface area (Å²) in [6.07, 6.45) is -0.801. The Labute approximate surface area is 153 Å². The Balaban J connectivity index is 1.92. The Morgan fingerprint density at radius 3 is 2.56 bits per heavy atom. The summed E-state index contributed by atoms with van der Waals surface area (Å²) in [5.41, 5.74) is 0.565. The van der Waals surface area contributed by atoms with Gasteiger partial charge in [0.15, 0.2) is 5.75 Å². The number of ether oxygens (including phenoxy) is 1. The molecule has 3 aromatic rings. The Morgan fingerprint density at radius 2 is 1.88 bits per heavy atom. The molecule has 0 aliphatic carbocycles. The van der Waals surface area contributed by atoms with Gasteiger partial charge in [0.05, 0.1) is 28.1 Å². The van der Waals surface area contributed by atoms with Gasteiger partial charge in [-0.15, -0.1) is 0 Å². The second-order valence-electron chi connectivity index (χ2n) is 5.19. The molecule has 10 heteroatoms. The maximum absolute atomic E-state index is 12.4. The predicted octanol–water partition coefficient (Wildman–Crippen LogP) is 5.38. The summed E-state index contributed by atoms with van der Waals surface area (Å²) >= 11 is 9.13. The van der Waals surface area contributed by atoms with Crippen molar-refractivity contribution in [1.82, 2.24) is 19.7 Å². The number of halogens is 5. The van der Waals surface area contributed by atoms with Crippen LogP contribution in [0.1, 0.15) is 12.8 Å². The largest absolute Gasteiger partial charge is 0.421 e. The second kappa shape index (κ2) is 7.17. The molecule has 0 unspecified atom stereocenters. The van der Waals surface area contributed by atoms with Crippen LogP contribution >= 0.6 is 27.5 Å². The Kier molecular flexibility index (Phi) is 5.14. The molecule has 1 aromatic carbocycles. The van der Waals surface area contributed by atoms with Crippen LogP contribution in [0.15, 0.2) is 35.2 Å². The fourth-order valence-electron chi connectivity index (χ4n) is 2.26. The number of rotatable bonds is 5. The SMILES string of the molecule is FC(F)(F)CCCn1ncc2ccc(Br)c(Oc3ncc(Cl)cn3)c21. The third-order valence-electron chi connectivity index (χ3n) is 3.33. The van der Waals surface area contributed by atoms with Crippen molar-refractivity contribution >= 4 is 38.4 Å². The quantitative estimate of drug-likeness (QED) is 0.540. The molecule has 0 saturated heterocycles. The molecule has 0 aliphatic heterocycles. The minimum atomic E-state index is -4.19. The number of fused-ring (bicyclic) bond motifs is 1. The molecule has 5 nitrogen and oxygen atoms in total. The molecule has 3 rings (SSSR count). The highest BCUT2D eigenvalue weighted by Crippen LogP contribution is 2.36. The average Bonchev–Trinajstić information content (AvgIpc) is 2.94. The van der Waals surface area contributed by atoms with E-state index in [0.717, 1.165) is 5.39 Å². The first-order valence-corrected chi connectivity index (χ1v) is 8.37. The Bertz CT molecular complexity index is 883. The summed E-state index contributed by atoms with van der Waals surface area (Å²) in [6.45, 7) is 0.108. The van der Waals surface area contributed by atoms with Crippen molar-refractivity contribution < 1.29 is 17.9 Å². The number of nitrogens with zero attached hydrogens (tertiary/aromatic N) is 4. The first-order valence-electron chi connectivity index (χ1n) is 7.20. The predicted molar refractivity (Wildman–Crippen MR) is 89.8 cm³/mol. The van der Waals surface area contributed by atoms with Gasteiger partial charge in [0.25, 0.3) is 0 Å². The highest BCUT2D eigenvalue weighted by Gasteiger charge is 2.26. The van der Waals surface area contributed by atoms with E-state index in [0.29, 0.717) is 20.8 Å². The zero-order valence-electron chi connectivity index (χ0n) is 12.6. The average molecular weight is 436 g/mol. The van der Waals surface area contributed by atoms with Crippen LogP contribution in [0, 0.1) is 0 Å². The van der Waals surface area contributed by atoms with Gasteiger partial charge < -0.3 is 4.74 Å². The summed E-state index contributed by atoms with van der Waals surface area (Å²) in [4.78, 5) is 7.93. The van der Waals surface area contributed by atoms with Crippen LogP contribution in [-0.4, -0.2) is 25.9 Å². The third-order valence-corrected chi connectivity index (χ3v) is 4.15. The number of hydrogen-bond donors (Lipinski definition) is 0.